The predicted molar refractivity (Wildman–Crippen MR) is 150 cm³/mol. The molecule has 202 valence electrons. The topological polar surface area (TPSA) is 35.5 Å². The zero-order valence-electron chi connectivity index (χ0n) is 23.3. The van der Waals surface area contributed by atoms with Gasteiger partial charge in [-0.3, -0.25) is 4.79 Å². The van der Waals surface area contributed by atoms with Crippen molar-refractivity contribution in [2.75, 3.05) is 13.2 Å². The highest BCUT2D eigenvalue weighted by atomic mass is 16.5. The smallest absolute Gasteiger partial charge is 0.314 e. The summed E-state index contributed by atoms with van der Waals surface area (Å²) < 4.78 is 11.3. The standard InChI is InChI=1S/C33H52O3/c1-3-5-6-9-27-11-13-29(14-12-27)15-16-30-19-23-32(24-20-30)36-33(34)31-21-17-28(18-22-31)10-7-8-26-35-25-4-2/h17,19-20,23-24,27,29,31H,3-16,18,21-22,25-26H2,1-2H3. The van der Waals surface area contributed by atoms with Gasteiger partial charge >= 0.3 is 5.97 Å². The molecule has 0 amide bonds. The van der Waals surface area contributed by atoms with Crippen LogP contribution in [0.4, 0.5) is 0 Å². The molecule has 3 heteroatoms. The van der Waals surface area contributed by atoms with Crippen molar-refractivity contribution in [1.29, 1.82) is 0 Å². The van der Waals surface area contributed by atoms with Gasteiger partial charge in [-0.05, 0) is 87.3 Å². The van der Waals surface area contributed by atoms with Gasteiger partial charge in [0, 0.05) is 13.2 Å². The molecule has 1 atom stereocenters. The second-order valence-electron chi connectivity index (χ2n) is 11.4. The normalized spacial score (nSPS) is 22.3. The molecular weight excluding hydrogens is 444 g/mol. The van der Waals surface area contributed by atoms with E-state index in [-0.39, 0.29) is 11.9 Å². The molecule has 0 aromatic heterocycles. The summed E-state index contributed by atoms with van der Waals surface area (Å²) in [4.78, 5) is 12.7. The van der Waals surface area contributed by atoms with Gasteiger partial charge < -0.3 is 9.47 Å². The number of rotatable bonds is 16. The van der Waals surface area contributed by atoms with E-state index >= 15 is 0 Å². The van der Waals surface area contributed by atoms with Crippen LogP contribution in [0.5, 0.6) is 5.75 Å². The molecule has 0 spiro atoms. The molecule has 1 unspecified atom stereocenters. The Morgan fingerprint density at radius 1 is 0.806 bits per heavy atom. The summed E-state index contributed by atoms with van der Waals surface area (Å²) in [6.45, 7) is 6.18. The van der Waals surface area contributed by atoms with Crippen molar-refractivity contribution in [3.05, 3.63) is 41.5 Å². The highest BCUT2D eigenvalue weighted by molar-refractivity contribution is 5.75. The third-order valence-electron chi connectivity index (χ3n) is 8.39. The number of allylic oxidation sites excluding steroid dienone is 2. The summed E-state index contributed by atoms with van der Waals surface area (Å²) in [5, 5.41) is 0. The molecule has 0 bridgehead atoms. The Balaban J connectivity index is 1.30. The first-order chi connectivity index (χ1) is 17.7. The van der Waals surface area contributed by atoms with E-state index in [0.29, 0.717) is 5.75 Å². The largest absolute Gasteiger partial charge is 0.426 e. The third kappa shape index (κ3) is 10.8. The van der Waals surface area contributed by atoms with Crippen LogP contribution >= 0.6 is 0 Å². The number of carbonyl (C=O) groups excluding carboxylic acids is 1. The van der Waals surface area contributed by atoms with E-state index in [1.54, 1.807) is 0 Å². The van der Waals surface area contributed by atoms with Crippen molar-refractivity contribution in [3.8, 4) is 5.75 Å². The fourth-order valence-electron chi connectivity index (χ4n) is 5.92. The van der Waals surface area contributed by atoms with E-state index < -0.39 is 0 Å². The zero-order valence-corrected chi connectivity index (χ0v) is 23.3. The maximum absolute atomic E-state index is 12.7. The SMILES string of the molecule is CCCCCC1CCC(CCc2ccc(OC(=O)C3CC=C(CCCCOCCC)CC3)cc2)CC1. The molecule has 1 aromatic rings. The van der Waals surface area contributed by atoms with Crippen LogP contribution in [0.25, 0.3) is 0 Å². The molecule has 0 N–H and O–H groups in total. The summed E-state index contributed by atoms with van der Waals surface area (Å²) in [6, 6.07) is 8.29. The van der Waals surface area contributed by atoms with Crippen LogP contribution in [0.3, 0.4) is 0 Å². The van der Waals surface area contributed by atoms with Crippen molar-refractivity contribution in [2.24, 2.45) is 17.8 Å². The minimum Gasteiger partial charge on any atom is -0.426 e. The Bertz CT molecular complexity index is 758. The first-order valence-electron chi connectivity index (χ1n) is 15.2. The Morgan fingerprint density at radius 2 is 1.56 bits per heavy atom. The highest BCUT2D eigenvalue weighted by Gasteiger charge is 2.24. The lowest BCUT2D eigenvalue weighted by Gasteiger charge is -2.28. The molecule has 36 heavy (non-hydrogen) atoms. The van der Waals surface area contributed by atoms with Crippen LogP contribution < -0.4 is 4.74 Å². The van der Waals surface area contributed by atoms with E-state index in [9.17, 15) is 4.79 Å². The van der Waals surface area contributed by atoms with Gasteiger partial charge in [-0.2, -0.15) is 0 Å². The number of unbranched alkanes of at least 4 members (excludes halogenated alkanes) is 3. The minimum atomic E-state index is -0.0679. The Labute approximate surface area is 221 Å². The molecule has 2 aliphatic rings. The minimum absolute atomic E-state index is 0.00147. The molecule has 1 saturated carbocycles. The van der Waals surface area contributed by atoms with Gasteiger partial charge in [0.2, 0.25) is 0 Å². The van der Waals surface area contributed by atoms with Gasteiger partial charge in [0.05, 0.1) is 5.92 Å². The van der Waals surface area contributed by atoms with Crippen molar-refractivity contribution < 1.29 is 14.3 Å². The van der Waals surface area contributed by atoms with Gasteiger partial charge in [-0.1, -0.05) is 89.0 Å². The number of benzene rings is 1. The maximum Gasteiger partial charge on any atom is 0.314 e. The van der Waals surface area contributed by atoms with Crippen LogP contribution in [0.1, 0.15) is 122 Å². The molecule has 3 nitrogen and oxygen atoms in total. The molecule has 0 radical (unpaired) electrons. The molecule has 3 rings (SSSR count). The van der Waals surface area contributed by atoms with E-state index in [0.717, 1.165) is 70.0 Å². The molecule has 1 aromatic carbocycles. The average Bonchev–Trinajstić information content (AvgIpc) is 2.91. The Morgan fingerprint density at radius 3 is 2.22 bits per heavy atom. The third-order valence-corrected chi connectivity index (χ3v) is 8.39. The second-order valence-corrected chi connectivity index (χ2v) is 11.4. The summed E-state index contributed by atoms with van der Waals surface area (Å²) in [5.41, 5.74) is 2.87. The summed E-state index contributed by atoms with van der Waals surface area (Å²) in [5.74, 6) is 2.50. The monoisotopic (exact) mass is 496 g/mol. The van der Waals surface area contributed by atoms with Gasteiger partial charge in [-0.25, -0.2) is 0 Å². The van der Waals surface area contributed by atoms with E-state index in [1.807, 2.05) is 12.1 Å². The molecule has 0 aliphatic heterocycles. The average molecular weight is 497 g/mol. The number of carbonyl (C=O) groups is 1. The van der Waals surface area contributed by atoms with Crippen molar-refractivity contribution in [3.63, 3.8) is 0 Å². The fourth-order valence-corrected chi connectivity index (χ4v) is 5.92. The van der Waals surface area contributed by atoms with E-state index in [1.165, 1.54) is 75.3 Å². The van der Waals surface area contributed by atoms with Crippen LogP contribution in [0.2, 0.25) is 0 Å². The fraction of sp³-hybridized carbons (Fsp3) is 0.727. The molecule has 2 aliphatic carbocycles. The number of hydrogen-bond donors (Lipinski definition) is 0. The number of aryl methyl sites for hydroxylation is 1. The molecular formula is C33H52O3. The zero-order chi connectivity index (χ0) is 25.4. The van der Waals surface area contributed by atoms with Crippen molar-refractivity contribution in [2.45, 2.75) is 123 Å². The van der Waals surface area contributed by atoms with Gasteiger partial charge in [0.1, 0.15) is 5.75 Å². The van der Waals surface area contributed by atoms with Crippen LogP contribution in [-0.2, 0) is 16.0 Å². The second kappa shape index (κ2) is 17.0. The molecule has 0 saturated heterocycles. The lowest BCUT2D eigenvalue weighted by Crippen LogP contribution is -2.22. The molecule has 0 heterocycles. The van der Waals surface area contributed by atoms with Crippen LogP contribution in [-0.4, -0.2) is 19.2 Å². The Kier molecular flexibility index (Phi) is 13.7. The van der Waals surface area contributed by atoms with Crippen LogP contribution in [0, 0.1) is 17.8 Å². The van der Waals surface area contributed by atoms with Gasteiger partial charge in [-0.15, -0.1) is 0 Å². The van der Waals surface area contributed by atoms with Crippen molar-refractivity contribution >= 4 is 5.97 Å². The lowest BCUT2D eigenvalue weighted by molar-refractivity contribution is -0.139. The summed E-state index contributed by atoms with van der Waals surface area (Å²) in [7, 11) is 0. The van der Waals surface area contributed by atoms with E-state index in [2.05, 4.69) is 32.1 Å². The number of ether oxygens (including phenoxy) is 2. The quantitative estimate of drug-likeness (QED) is 0.0990. The van der Waals surface area contributed by atoms with E-state index in [4.69, 9.17) is 9.47 Å². The molecule has 1 fully saturated rings. The van der Waals surface area contributed by atoms with Gasteiger partial charge in [0.25, 0.3) is 0 Å². The maximum atomic E-state index is 12.7. The summed E-state index contributed by atoms with van der Waals surface area (Å²) >= 11 is 0. The van der Waals surface area contributed by atoms with Crippen LogP contribution in [0.15, 0.2) is 35.9 Å². The summed E-state index contributed by atoms with van der Waals surface area (Å²) in [6.07, 6.45) is 23.3. The number of esters is 1. The first-order valence-corrected chi connectivity index (χ1v) is 15.2. The predicted octanol–water partition coefficient (Wildman–Crippen LogP) is 9.23. The first kappa shape index (κ1) is 29.0. The van der Waals surface area contributed by atoms with Gasteiger partial charge in [0.15, 0.2) is 0 Å². The highest BCUT2D eigenvalue weighted by Crippen LogP contribution is 2.34. The number of hydrogen-bond acceptors (Lipinski definition) is 3. The van der Waals surface area contributed by atoms with Crippen molar-refractivity contribution in [1.82, 2.24) is 0 Å². The Hall–Kier alpha value is -1.61. The lowest BCUT2D eigenvalue weighted by atomic mass is 9.78.